The van der Waals surface area contributed by atoms with Gasteiger partial charge in [-0.15, -0.1) is 0 Å². The molecule has 1 aliphatic carbocycles. The van der Waals surface area contributed by atoms with Crippen LogP contribution in [-0.2, 0) is 10.2 Å². The van der Waals surface area contributed by atoms with E-state index in [2.05, 4.69) is 0 Å². The van der Waals surface area contributed by atoms with E-state index in [9.17, 15) is 13.6 Å². The van der Waals surface area contributed by atoms with E-state index in [1.54, 1.807) is 0 Å². The van der Waals surface area contributed by atoms with Crippen molar-refractivity contribution in [3.63, 3.8) is 0 Å². The fraction of sp³-hybridized carbons (Fsp3) is 0.364. The van der Waals surface area contributed by atoms with E-state index in [1.165, 1.54) is 0 Å². The fourth-order valence-corrected chi connectivity index (χ4v) is 2.04. The van der Waals surface area contributed by atoms with Gasteiger partial charge in [0, 0.05) is 5.56 Å². The third-order valence-corrected chi connectivity index (χ3v) is 3.12. The molecule has 15 heavy (non-hydrogen) atoms. The molecule has 1 aliphatic rings. The lowest BCUT2D eigenvalue weighted by atomic mass is 9.64. The summed E-state index contributed by atoms with van der Waals surface area (Å²) in [7, 11) is 0. The number of hydrogen-bond donors (Lipinski definition) is 1. The number of carbonyl (C=O) groups is 1. The first-order chi connectivity index (χ1) is 7.06. The quantitative estimate of drug-likeness (QED) is 0.797. The van der Waals surface area contributed by atoms with Crippen LogP contribution in [0.25, 0.3) is 0 Å². The summed E-state index contributed by atoms with van der Waals surface area (Å²) in [6, 6.07) is 3.14. The van der Waals surface area contributed by atoms with E-state index in [1.807, 2.05) is 0 Å². The number of nitrogens with two attached hydrogens (primary N) is 1. The summed E-state index contributed by atoms with van der Waals surface area (Å²) < 4.78 is 26.5. The van der Waals surface area contributed by atoms with Gasteiger partial charge in [-0.05, 0) is 31.0 Å². The van der Waals surface area contributed by atoms with Gasteiger partial charge in [0.25, 0.3) is 0 Å². The summed E-state index contributed by atoms with van der Waals surface area (Å²) in [4.78, 5) is 11.3. The van der Waals surface area contributed by atoms with Gasteiger partial charge in [0.1, 0.15) is 11.6 Å². The molecule has 0 aromatic heterocycles. The topological polar surface area (TPSA) is 43.1 Å². The van der Waals surface area contributed by atoms with E-state index in [0.717, 1.165) is 24.6 Å². The van der Waals surface area contributed by atoms with Crippen molar-refractivity contribution >= 4 is 5.91 Å². The maximum absolute atomic E-state index is 13.5. The van der Waals surface area contributed by atoms with Gasteiger partial charge in [-0.1, -0.05) is 6.42 Å². The predicted molar refractivity (Wildman–Crippen MR) is 51.1 cm³/mol. The molecule has 2 nitrogen and oxygen atoms in total. The monoisotopic (exact) mass is 211 g/mol. The average molecular weight is 211 g/mol. The van der Waals surface area contributed by atoms with Crippen LogP contribution >= 0.6 is 0 Å². The summed E-state index contributed by atoms with van der Waals surface area (Å²) in [6.07, 6.45) is 1.82. The maximum Gasteiger partial charge on any atom is 0.228 e. The average Bonchev–Trinajstić information content (AvgIpc) is 2.08. The summed E-state index contributed by atoms with van der Waals surface area (Å²) in [5, 5.41) is 0. The number of hydrogen-bond acceptors (Lipinski definition) is 1. The van der Waals surface area contributed by atoms with Crippen molar-refractivity contribution in [2.75, 3.05) is 0 Å². The van der Waals surface area contributed by atoms with E-state index in [4.69, 9.17) is 5.73 Å². The first kappa shape index (κ1) is 10.1. The van der Waals surface area contributed by atoms with E-state index in [0.29, 0.717) is 12.8 Å². The second kappa shape index (κ2) is 3.29. The summed E-state index contributed by atoms with van der Waals surface area (Å²) >= 11 is 0. The third-order valence-electron chi connectivity index (χ3n) is 3.12. The Morgan fingerprint density at radius 1 is 1.33 bits per heavy atom. The molecule has 0 saturated heterocycles. The van der Waals surface area contributed by atoms with Crippen molar-refractivity contribution in [2.45, 2.75) is 24.7 Å². The molecule has 0 atom stereocenters. The molecule has 1 aromatic carbocycles. The van der Waals surface area contributed by atoms with Gasteiger partial charge >= 0.3 is 0 Å². The van der Waals surface area contributed by atoms with Crippen molar-refractivity contribution < 1.29 is 13.6 Å². The van der Waals surface area contributed by atoms with E-state index < -0.39 is 23.0 Å². The summed E-state index contributed by atoms with van der Waals surface area (Å²) in [6.45, 7) is 0. The molecule has 0 bridgehead atoms. The van der Waals surface area contributed by atoms with Crippen molar-refractivity contribution in [1.82, 2.24) is 0 Å². The molecule has 0 aliphatic heterocycles. The molecule has 2 N–H and O–H groups in total. The SMILES string of the molecule is NC(=O)C1(c2cc(F)ccc2F)CCC1. The first-order valence-corrected chi connectivity index (χ1v) is 4.82. The lowest BCUT2D eigenvalue weighted by Gasteiger charge is -2.39. The van der Waals surface area contributed by atoms with Crippen LogP contribution in [0.15, 0.2) is 18.2 Å². The standard InChI is InChI=1S/C11H11F2NO/c12-7-2-3-9(13)8(6-7)11(10(14)15)4-1-5-11/h2-3,6H,1,4-5H2,(H2,14,15). The van der Waals surface area contributed by atoms with E-state index >= 15 is 0 Å². The summed E-state index contributed by atoms with van der Waals surface area (Å²) in [5.74, 6) is -1.67. The van der Waals surface area contributed by atoms with Crippen LogP contribution in [0.1, 0.15) is 24.8 Å². The van der Waals surface area contributed by atoms with Gasteiger partial charge in [-0.25, -0.2) is 8.78 Å². The first-order valence-electron chi connectivity index (χ1n) is 4.82. The van der Waals surface area contributed by atoms with Crippen molar-refractivity contribution in [3.8, 4) is 0 Å². The minimum Gasteiger partial charge on any atom is -0.369 e. The molecule has 0 heterocycles. The Hall–Kier alpha value is -1.45. The second-order valence-corrected chi connectivity index (χ2v) is 3.92. The fourth-order valence-electron chi connectivity index (χ4n) is 2.04. The number of rotatable bonds is 2. The Bertz CT molecular complexity index is 413. The van der Waals surface area contributed by atoms with E-state index in [-0.39, 0.29) is 5.56 Å². The minimum atomic E-state index is -0.980. The zero-order chi connectivity index (χ0) is 11.1. The molecule has 0 radical (unpaired) electrons. The molecular weight excluding hydrogens is 200 g/mol. The second-order valence-electron chi connectivity index (χ2n) is 3.92. The lowest BCUT2D eigenvalue weighted by Crippen LogP contribution is -2.47. The van der Waals surface area contributed by atoms with Crippen LogP contribution < -0.4 is 5.73 Å². The molecule has 1 aromatic rings. The molecule has 80 valence electrons. The zero-order valence-electron chi connectivity index (χ0n) is 8.09. The van der Waals surface area contributed by atoms with Crippen LogP contribution in [0, 0.1) is 11.6 Å². The molecular formula is C11H11F2NO. The highest BCUT2D eigenvalue weighted by atomic mass is 19.1. The van der Waals surface area contributed by atoms with Gasteiger partial charge in [-0.3, -0.25) is 4.79 Å². The molecule has 2 rings (SSSR count). The Balaban J connectivity index is 2.51. The van der Waals surface area contributed by atoms with Gasteiger partial charge in [-0.2, -0.15) is 0 Å². The van der Waals surface area contributed by atoms with Crippen molar-refractivity contribution in [3.05, 3.63) is 35.4 Å². The third kappa shape index (κ3) is 1.40. The lowest BCUT2D eigenvalue weighted by molar-refractivity contribution is -0.126. The molecule has 0 spiro atoms. The highest BCUT2D eigenvalue weighted by molar-refractivity contribution is 5.87. The predicted octanol–water partition coefficient (Wildman–Crippen LogP) is 1.87. The van der Waals surface area contributed by atoms with Crippen LogP contribution in [-0.4, -0.2) is 5.91 Å². The van der Waals surface area contributed by atoms with Crippen LogP contribution in [0.5, 0.6) is 0 Å². The highest BCUT2D eigenvalue weighted by Crippen LogP contribution is 2.44. The Morgan fingerprint density at radius 3 is 2.47 bits per heavy atom. The Kier molecular flexibility index (Phi) is 2.21. The smallest absolute Gasteiger partial charge is 0.228 e. The van der Waals surface area contributed by atoms with Crippen molar-refractivity contribution in [1.29, 1.82) is 0 Å². The molecule has 0 unspecified atom stereocenters. The Morgan fingerprint density at radius 2 is 2.00 bits per heavy atom. The largest absolute Gasteiger partial charge is 0.369 e. The normalized spacial score (nSPS) is 18.3. The van der Waals surface area contributed by atoms with Crippen LogP contribution in [0.2, 0.25) is 0 Å². The molecule has 4 heteroatoms. The Labute approximate surface area is 86.1 Å². The number of halogens is 2. The molecule has 1 fully saturated rings. The highest BCUT2D eigenvalue weighted by Gasteiger charge is 2.46. The van der Waals surface area contributed by atoms with Gasteiger partial charge in [0.15, 0.2) is 0 Å². The maximum atomic E-state index is 13.5. The number of benzene rings is 1. The number of primary amides is 1. The number of amides is 1. The zero-order valence-corrected chi connectivity index (χ0v) is 8.09. The van der Waals surface area contributed by atoms with Crippen LogP contribution in [0.3, 0.4) is 0 Å². The van der Waals surface area contributed by atoms with Gasteiger partial charge in [0.05, 0.1) is 5.41 Å². The molecule has 1 saturated carbocycles. The molecule has 1 amide bonds. The summed E-state index contributed by atoms with van der Waals surface area (Å²) in [5.41, 5.74) is 4.37. The number of carbonyl (C=O) groups excluding carboxylic acids is 1. The van der Waals surface area contributed by atoms with Gasteiger partial charge in [0.2, 0.25) is 5.91 Å². The van der Waals surface area contributed by atoms with Crippen molar-refractivity contribution in [2.24, 2.45) is 5.73 Å². The van der Waals surface area contributed by atoms with Gasteiger partial charge < -0.3 is 5.73 Å². The minimum absolute atomic E-state index is 0.0984. The van der Waals surface area contributed by atoms with Crippen LogP contribution in [0.4, 0.5) is 8.78 Å².